The summed E-state index contributed by atoms with van der Waals surface area (Å²) >= 11 is 0. The van der Waals surface area contributed by atoms with Crippen molar-refractivity contribution in [3.05, 3.63) is 241 Å². The number of hydrogen-bond acceptors (Lipinski definition) is 2. The molecule has 14 rings (SSSR count). The molecular formula is C61H36O2. The Balaban J connectivity index is 0.969. The van der Waals surface area contributed by atoms with Crippen LogP contribution < -0.4 is 0 Å². The van der Waals surface area contributed by atoms with Gasteiger partial charge in [-0.25, -0.2) is 0 Å². The van der Waals surface area contributed by atoms with E-state index < -0.39 is 5.41 Å². The molecule has 0 unspecified atom stereocenters. The molecule has 0 saturated carbocycles. The van der Waals surface area contributed by atoms with Crippen LogP contribution in [-0.2, 0) is 5.41 Å². The van der Waals surface area contributed by atoms with E-state index in [1.54, 1.807) is 0 Å². The summed E-state index contributed by atoms with van der Waals surface area (Å²) in [6.07, 6.45) is 0. The molecule has 63 heavy (non-hydrogen) atoms. The number of fused-ring (bicyclic) bond motifs is 15. The highest BCUT2D eigenvalue weighted by molar-refractivity contribution is 6.17. The van der Waals surface area contributed by atoms with E-state index in [-0.39, 0.29) is 0 Å². The molecule has 11 aromatic carbocycles. The maximum Gasteiger partial charge on any atom is 0.143 e. The van der Waals surface area contributed by atoms with Crippen LogP contribution >= 0.6 is 0 Å². The molecule has 1 aliphatic rings. The van der Waals surface area contributed by atoms with Gasteiger partial charge in [0.2, 0.25) is 0 Å². The van der Waals surface area contributed by atoms with Gasteiger partial charge in [-0.1, -0.05) is 170 Å². The average Bonchev–Trinajstić information content (AvgIpc) is 4.02. The van der Waals surface area contributed by atoms with Crippen LogP contribution in [-0.4, -0.2) is 0 Å². The summed E-state index contributed by atoms with van der Waals surface area (Å²) in [6.45, 7) is 0. The highest BCUT2D eigenvalue weighted by atomic mass is 16.3. The maximum atomic E-state index is 6.54. The first-order chi connectivity index (χ1) is 31.2. The van der Waals surface area contributed by atoms with Gasteiger partial charge in [0.1, 0.15) is 22.3 Å². The predicted octanol–water partition coefficient (Wildman–Crippen LogP) is 16.6. The van der Waals surface area contributed by atoms with E-state index in [1.807, 2.05) is 0 Å². The number of hydrogen-bond donors (Lipinski definition) is 0. The first-order valence-corrected chi connectivity index (χ1v) is 21.7. The highest BCUT2D eigenvalue weighted by Gasteiger charge is 2.47. The first kappa shape index (κ1) is 34.5. The van der Waals surface area contributed by atoms with Gasteiger partial charge in [0.15, 0.2) is 0 Å². The minimum absolute atomic E-state index is 0.576. The molecule has 0 radical (unpaired) electrons. The van der Waals surface area contributed by atoms with Crippen molar-refractivity contribution in [2.45, 2.75) is 5.41 Å². The van der Waals surface area contributed by atoms with Crippen LogP contribution in [0.3, 0.4) is 0 Å². The van der Waals surface area contributed by atoms with Gasteiger partial charge in [0.25, 0.3) is 0 Å². The van der Waals surface area contributed by atoms with Crippen LogP contribution in [0.4, 0.5) is 0 Å². The lowest BCUT2D eigenvalue weighted by Gasteiger charge is -2.35. The molecular weight excluding hydrogens is 765 g/mol. The SMILES string of the molecule is c1ccc(C2(c3ccccc3)c3cc(-c4ccc5oc6c7ccccc7ccc6c5c4)ccc3-c3ccc4cc(-c5ccc6oc7c8ccccc8ccc7c6c5)ccc4c32)cc1. The molecule has 0 fully saturated rings. The summed E-state index contributed by atoms with van der Waals surface area (Å²) in [5, 5.41) is 11.7. The Kier molecular flexibility index (Phi) is 7.07. The molecule has 1 aliphatic carbocycles. The van der Waals surface area contributed by atoms with Crippen molar-refractivity contribution in [2.75, 3.05) is 0 Å². The predicted molar refractivity (Wildman–Crippen MR) is 262 cm³/mol. The van der Waals surface area contributed by atoms with Crippen LogP contribution in [0, 0.1) is 0 Å². The van der Waals surface area contributed by atoms with E-state index in [0.717, 1.165) is 60.2 Å². The number of furan rings is 2. The van der Waals surface area contributed by atoms with Crippen LogP contribution in [0.5, 0.6) is 0 Å². The van der Waals surface area contributed by atoms with Crippen molar-refractivity contribution < 1.29 is 8.83 Å². The van der Waals surface area contributed by atoms with Crippen molar-refractivity contribution in [1.29, 1.82) is 0 Å². The Bertz CT molecular complexity index is 3980. The Morgan fingerprint density at radius 3 is 1.35 bits per heavy atom. The van der Waals surface area contributed by atoms with E-state index in [4.69, 9.17) is 8.83 Å². The molecule has 13 aromatic rings. The molecule has 0 N–H and O–H groups in total. The molecule has 0 atom stereocenters. The van der Waals surface area contributed by atoms with E-state index in [9.17, 15) is 0 Å². The third kappa shape index (κ3) is 4.83. The second-order valence-corrected chi connectivity index (χ2v) is 17.1. The molecule has 0 aliphatic heterocycles. The molecule has 2 heteroatoms. The van der Waals surface area contributed by atoms with Gasteiger partial charge in [-0.15, -0.1) is 0 Å². The summed E-state index contributed by atoms with van der Waals surface area (Å²) in [5.74, 6) is 0. The fourth-order valence-corrected chi connectivity index (χ4v) is 11.1. The Labute approximate surface area is 362 Å². The standard InChI is InChI=1S/C61H36O2/c1-3-13-44(14-4-1)61(45-15-5-2-6-16-45)55-36-42(41-25-32-57-54(35-41)52-30-20-38-12-8-10-18-48(38)60(52)63-57)22-27-49(55)50-28-23-43-33-39(21-26-46(43)58(50)61)40-24-31-56-53(34-40)51-29-19-37-11-7-9-17-47(37)59(51)62-56/h1-36H. The van der Waals surface area contributed by atoms with Crippen LogP contribution in [0.15, 0.2) is 227 Å². The van der Waals surface area contributed by atoms with Gasteiger partial charge in [-0.2, -0.15) is 0 Å². The Hall–Kier alpha value is -8.20. The molecule has 2 aromatic heterocycles. The van der Waals surface area contributed by atoms with Gasteiger partial charge < -0.3 is 8.83 Å². The zero-order valence-electron chi connectivity index (χ0n) is 34.1. The summed E-state index contributed by atoms with van der Waals surface area (Å²) in [5.41, 5.74) is 15.4. The van der Waals surface area contributed by atoms with E-state index in [1.165, 1.54) is 71.6 Å². The number of rotatable bonds is 4. The maximum absolute atomic E-state index is 6.54. The molecule has 0 spiro atoms. The van der Waals surface area contributed by atoms with Gasteiger partial charge in [0.05, 0.1) is 5.41 Å². The molecule has 2 heterocycles. The molecule has 0 bridgehead atoms. The summed E-state index contributed by atoms with van der Waals surface area (Å²) in [4.78, 5) is 0. The normalized spacial score (nSPS) is 13.2. The van der Waals surface area contributed by atoms with Crippen LogP contribution in [0.1, 0.15) is 22.3 Å². The third-order valence-corrected chi connectivity index (χ3v) is 13.9. The van der Waals surface area contributed by atoms with E-state index in [0.29, 0.717) is 0 Å². The summed E-state index contributed by atoms with van der Waals surface area (Å²) < 4.78 is 13.0. The van der Waals surface area contributed by atoms with Crippen molar-refractivity contribution >= 4 is 76.2 Å². The molecule has 2 nitrogen and oxygen atoms in total. The van der Waals surface area contributed by atoms with Gasteiger partial charge in [-0.3, -0.25) is 0 Å². The monoisotopic (exact) mass is 800 g/mol. The lowest BCUT2D eigenvalue weighted by Crippen LogP contribution is -2.28. The lowest BCUT2D eigenvalue weighted by atomic mass is 9.66. The fraction of sp³-hybridized carbons (Fsp3) is 0.0164. The molecule has 292 valence electrons. The first-order valence-electron chi connectivity index (χ1n) is 21.7. The molecule has 0 amide bonds. The van der Waals surface area contributed by atoms with Crippen molar-refractivity contribution in [1.82, 2.24) is 0 Å². The van der Waals surface area contributed by atoms with E-state index in [2.05, 4.69) is 218 Å². The van der Waals surface area contributed by atoms with E-state index >= 15 is 0 Å². The van der Waals surface area contributed by atoms with Gasteiger partial charge in [0, 0.05) is 32.3 Å². The average molecular weight is 801 g/mol. The highest BCUT2D eigenvalue weighted by Crippen LogP contribution is 2.59. The van der Waals surface area contributed by atoms with Crippen LogP contribution in [0.25, 0.3) is 110 Å². The fourth-order valence-electron chi connectivity index (χ4n) is 11.1. The lowest BCUT2D eigenvalue weighted by molar-refractivity contribution is 0.672. The Morgan fingerprint density at radius 1 is 0.286 bits per heavy atom. The number of benzene rings is 11. The van der Waals surface area contributed by atoms with Crippen LogP contribution in [0.2, 0.25) is 0 Å². The van der Waals surface area contributed by atoms with Gasteiger partial charge in [-0.05, 0) is 126 Å². The molecule has 0 saturated heterocycles. The zero-order valence-corrected chi connectivity index (χ0v) is 34.1. The second kappa shape index (κ2) is 12.9. The summed E-state index contributed by atoms with van der Waals surface area (Å²) in [7, 11) is 0. The zero-order chi connectivity index (χ0) is 41.2. The minimum atomic E-state index is -0.576. The Morgan fingerprint density at radius 2 is 0.746 bits per heavy atom. The smallest absolute Gasteiger partial charge is 0.143 e. The minimum Gasteiger partial charge on any atom is -0.455 e. The third-order valence-electron chi connectivity index (χ3n) is 13.9. The topological polar surface area (TPSA) is 26.3 Å². The van der Waals surface area contributed by atoms with Crippen molar-refractivity contribution in [2.24, 2.45) is 0 Å². The van der Waals surface area contributed by atoms with Crippen molar-refractivity contribution in [3.63, 3.8) is 0 Å². The van der Waals surface area contributed by atoms with Crippen molar-refractivity contribution in [3.8, 4) is 33.4 Å². The second-order valence-electron chi connectivity index (χ2n) is 17.1. The summed E-state index contributed by atoms with van der Waals surface area (Å²) in [6, 6.07) is 80.1. The quantitative estimate of drug-likeness (QED) is 0.177. The van der Waals surface area contributed by atoms with Gasteiger partial charge >= 0.3 is 0 Å². The largest absolute Gasteiger partial charge is 0.455 e.